The van der Waals surface area contributed by atoms with E-state index in [0.29, 0.717) is 11.1 Å². The van der Waals surface area contributed by atoms with Crippen LogP contribution < -0.4 is 0 Å². The maximum atomic E-state index is 13.1. The number of carboxylic acid groups (broad SMARTS) is 1. The summed E-state index contributed by atoms with van der Waals surface area (Å²) in [6.07, 6.45) is 6.59. The second-order valence-corrected chi connectivity index (χ2v) is 7.33. The van der Waals surface area contributed by atoms with Crippen molar-refractivity contribution in [1.29, 1.82) is 0 Å². The molecular weight excluding hydrogens is 290 g/mol. The van der Waals surface area contributed by atoms with Crippen LogP contribution in [0.2, 0.25) is 0 Å². The number of amides is 1. The Kier molecular flexibility index (Phi) is 4.17. The summed E-state index contributed by atoms with van der Waals surface area (Å²) < 4.78 is 0. The number of aliphatic carboxylic acids is 1. The maximum Gasteiger partial charge on any atom is 0.313 e. The van der Waals surface area contributed by atoms with Crippen molar-refractivity contribution in [2.45, 2.75) is 69.9 Å². The summed E-state index contributed by atoms with van der Waals surface area (Å²) in [5.74, 6) is -1.54. The number of fused-ring (bicyclic) bond motifs is 1. The van der Waals surface area contributed by atoms with Crippen LogP contribution in [0.4, 0.5) is 0 Å². The van der Waals surface area contributed by atoms with Crippen molar-refractivity contribution in [2.24, 2.45) is 0 Å². The molecule has 1 atom stereocenters. The van der Waals surface area contributed by atoms with Crippen LogP contribution in [0.5, 0.6) is 0 Å². The number of benzene rings is 1. The summed E-state index contributed by atoms with van der Waals surface area (Å²) in [4.78, 5) is 27.0. The normalized spacial score (nSPS) is 24.9. The average Bonchev–Trinajstić information content (AvgIpc) is 2.75. The molecule has 0 saturated heterocycles. The third-order valence-electron chi connectivity index (χ3n) is 5.49. The number of carbonyl (C=O) groups excluding carboxylic acids is 1. The fourth-order valence-electron chi connectivity index (χ4n) is 4.44. The molecule has 1 aliphatic carbocycles. The SMILES string of the molecule is CC1(C)C(C(=O)O)c2ccccc2C(=O)N1C1CCCCCC1. The molecule has 124 valence electrons. The smallest absolute Gasteiger partial charge is 0.313 e. The molecule has 2 aliphatic rings. The van der Waals surface area contributed by atoms with Crippen molar-refractivity contribution in [3.05, 3.63) is 35.4 Å². The Balaban J connectivity index is 2.09. The lowest BCUT2D eigenvalue weighted by molar-refractivity contribution is -0.142. The van der Waals surface area contributed by atoms with E-state index in [0.717, 1.165) is 25.7 Å². The molecule has 1 fully saturated rings. The second-order valence-electron chi connectivity index (χ2n) is 7.33. The fraction of sp³-hybridized carbons (Fsp3) is 0.579. The number of nitrogens with zero attached hydrogens (tertiary/aromatic N) is 1. The molecule has 1 aromatic rings. The first kappa shape index (κ1) is 16.0. The first-order valence-corrected chi connectivity index (χ1v) is 8.60. The molecule has 0 aromatic heterocycles. The van der Waals surface area contributed by atoms with Crippen LogP contribution in [0, 0.1) is 0 Å². The Bertz CT molecular complexity index is 615. The molecule has 4 nitrogen and oxygen atoms in total. The van der Waals surface area contributed by atoms with E-state index < -0.39 is 17.4 Å². The van der Waals surface area contributed by atoms with Crippen LogP contribution in [-0.4, -0.2) is 33.5 Å². The number of carboxylic acids is 1. The van der Waals surface area contributed by atoms with Crippen molar-refractivity contribution < 1.29 is 14.7 Å². The molecule has 1 aromatic carbocycles. The molecule has 1 N–H and O–H groups in total. The minimum absolute atomic E-state index is 0.00463. The van der Waals surface area contributed by atoms with E-state index >= 15 is 0 Å². The van der Waals surface area contributed by atoms with Crippen molar-refractivity contribution >= 4 is 11.9 Å². The first-order chi connectivity index (χ1) is 10.9. The lowest BCUT2D eigenvalue weighted by atomic mass is 9.73. The van der Waals surface area contributed by atoms with Gasteiger partial charge in [0.15, 0.2) is 0 Å². The first-order valence-electron chi connectivity index (χ1n) is 8.60. The topological polar surface area (TPSA) is 57.6 Å². The summed E-state index contributed by atoms with van der Waals surface area (Å²) >= 11 is 0. The summed E-state index contributed by atoms with van der Waals surface area (Å²) in [7, 11) is 0. The van der Waals surface area contributed by atoms with Gasteiger partial charge in [0, 0.05) is 11.6 Å². The van der Waals surface area contributed by atoms with E-state index in [1.165, 1.54) is 12.8 Å². The van der Waals surface area contributed by atoms with Gasteiger partial charge in [-0.25, -0.2) is 0 Å². The molecule has 0 spiro atoms. The summed E-state index contributed by atoms with van der Waals surface area (Å²) in [6, 6.07) is 7.35. The van der Waals surface area contributed by atoms with E-state index in [1.807, 2.05) is 30.9 Å². The highest BCUT2D eigenvalue weighted by Crippen LogP contribution is 2.43. The van der Waals surface area contributed by atoms with Gasteiger partial charge in [-0.05, 0) is 38.3 Å². The molecule has 1 heterocycles. The van der Waals surface area contributed by atoms with Crippen LogP contribution in [0.1, 0.15) is 74.2 Å². The number of hydrogen-bond acceptors (Lipinski definition) is 2. The van der Waals surface area contributed by atoms with Gasteiger partial charge >= 0.3 is 5.97 Å². The van der Waals surface area contributed by atoms with Crippen LogP contribution >= 0.6 is 0 Å². The number of hydrogen-bond donors (Lipinski definition) is 1. The third-order valence-corrected chi connectivity index (χ3v) is 5.49. The summed E-state index contributed by atoms with van der Waals surface area (Å²) in [5, 5.41) is 9.84. The van der Waals surface area contributed by atoms with Gasteiger partial charge in [-0.2, -0.15) is 0 Å². The van der Waals surface area contributed by atoms with Crippen molar-refractivity contribution in [3.8, 4) is 0 Å². The van der Waals surface area contributed by atoms with Gasteiger partial charge < -0.3 is 10.0 Å². The second kappa shape index (κ2) is 5.99. The molecule has 3 rings (SSSR count). The van der Waals surface area contributed by atoms with Crippen LogP contribution in [0.3, 0.4) is 0 Å². The molecule has 1 amide bonds. The molecule has 1 aliphatic heterocycles. The number of rotatable bonds is 2. The molecule has 4 heteroatoms. The van der Waals surface area contributed by atoms with Crippen LogP contribution in [0.25, 0.3) is 0 Å². The summed E-state index contributed by atoms with van der Waals surface area (Å²) in [6.45, 7) is 3.81. The highest BCUT2D eigenvalue weighted by atomic mass is 16.4. The monoisotopic (exact) mass is 315 g/mol. The molecule has 0 bridgehead atoms. The molecule has 1 saturated carbocycles. The Labute approximate surface area is 137 Å². The summed E-state index contributed by atoms with van der Waals surface area (Å²) in [5.41, 5.74) is 0.495. The Morgan fingerprint density at radius 2 is 1.74 bits per heavy atom. The van der Waals surface area contributed by atoms with Crippen molar-refractivity contribution in [3.63, 3.8) is 0 Å². The highest BCUT2D eigenvalue weighted by Gasteiger charge is 2.51. The fourth-order valence-corrected chi connectivity index (χ4v) is 4.44. The van der Waals surface area contributed by atoms with Gasteiger partial charge in [0.25, 0.3) is 5.91 Å². The van der Waals surface area contributed by atoms with E-state index in [1.54, 1.807) is 12.1 Å². The van der Waals surface area contributed by atoms with Crippen LogP contribution in [-0.2, 0) is 4.79 Å². The zero-order valence-electron chi connectivity index (χ0n) is 13.9. The van der Waals surface area contributed by atoms with E-state index in [9.17, 15) is 14.7 Å². The predicted molar refractivity (Wildman–Crippen MR) is 88.6 cm³/mol. The average molecular weight is 315 g/mol. The lowest BCUT2D eigenvalue weighted by Crippen LogP contribution is -2.60. The van der Waals surface area contributed by atoms with Gasteiger partial charge in [0.1, 0.15) is 5.92 Å². The van der Waals surface area contributed by atoms with Gasteiger partial charge in [-0.3, -0.25) is 9.59 Å². The Hall–Kier alpha value is -1.84. The molecule has 1 unspecified atom stereocenters. The standard InChI is InChI=1S/C19H25NO3/c1-19(2)16(18(22)23)14-11-7-8-12-15(14)17(21)20(19)13-9-5-3-4-6-10-13/h7-8,11-13,16H,3-6,9-10H2,1-2H3,(H,22,23). The highest BCUT2D eigenvalue weighted by molar-refractivity contribution is 6.01. The molecular formula is C19H25NO3. The Morgan fingerprint density at radius 1 is 1.13 bits per heavy atom. The van der Waals surface area contributed by atoms with E-state index in [2.05, 4.69) is 0 Å². The zero-order chi connectivity index (χ0) is 16.6. The largest absolute Gasteiger partial charge is 0.481 e. The number of carbonyl (C=O) groups is 2. The lowest BCUT2D eigenvalue weighted by Gasteiger charge is -2.50. The zero-order valence-corrected chi connectivity index (χ0v) is 13.9. The Morgan fingerprint density at radius 3 is 2.35 bits per heavy atom. The van der Waals surface area contributed by atoms with Crippen molar-refractivity contribution in [2.75, 3.05) is 0 Å². The maximum absolute atomic E-state index is 13.1. The van der Waals surface area contributed by atoms with Gasteiger partial charge in [0.05, 0.1) is 5.54 Å². The van der Waals surface area contributed by atoms with Crippen molar-refractivity contribution in [1.82, 2.24) is 4.90 Å². The molecule has 0 radical (unpaired) electrons. The minimum atomic E-state index is -0.853. The van der Waals surface area contributed by atoms with Crippen LogP contribution in [0.15, 0.2) is 24.3 Å². The van der Waals surface area contributed by atoms with Gasteiger partial charge in [0.2, 0.25) is 0 Å². The molecule has 23 heavy (non-hydrogen) atoms. The minimum Gasteiger partial charge on any atom is -0.481 e. The van der Waals surface area contributed by atoms with E-state index in [4.69, 9.17) is 0 Å². The predicted octanol–water partition coefficient (Wildman–Crippen LogP) is 3.81. The third kappa shape index (κ3) is 2.64. The van der Waals surface area contributed by atoms with Gasteiger partial charge in [-0.1, -0.05) is 43.9 Å². The quantitative estimate of drug-likeness (QED) is 0.844. The van der Waals surface area contributed by atoms with E-state index in [-0.39, 0.29) is 11.9 Å². The van der Waals surface area contributed by atoms with Gasteiger partial charge in [-0.15, -0.1) is 0 Å².